The minimum absolute atomic E-state index is 0.0572. The van der Waals surface area contributed by atoms with E-state index in [-0.39, 0.29) is 35.3 Å². The number of allylic oxidation sites excluding steroid dienone is 1. The first-order valence-corrected chi connectivity index (χ1v) is 9.03. The molecular weight excluding hydrogens is 338 g/mol. The molecule has 2 aliphatic carbocycles. The summed E-state index contributed by atoms with van der Waals surface area (Å²) in [6.45, 7) is 4.32. The van der Waals surface area contributed by atoms with Crippen molar-refractivity contribution in [1.29, 1.82) is 0 Å². The van der Waals surface area contributed by atoms with Gasteiger partial charge in [-0.3, -0.25) is 19.2 Å². The molecule has 2 atom stereocenters. The third-order valence-electron chi connectivity index (χ3n) is 4.16. The molecule has 2 unspecified atom stereocenters. The molecule has 2 aliphatic rings. The maximum atomic E-state index is 11.5. The first-order chi connectivity index (χ1) is 12.3. The Bertz CT molecular complexity index is 566. The van der Waals surface area contributed by atoms with Crippen molar-refractivity contribution in [3.63, 3.8) is 0 Å². The maximum Gasteiger partial charge on any atom is 0.309 e. The van der Waals surface area contributed by atoms with E-state index in [1.165, 1.54) is 0 Å². The SMILES string of the molecule is CCOC(=O)C1CC(=O)/C(=C\N(C)C)C1.CCOC(=O)C1CCC(=O)C1. The zero-order valence-electron chi connectivity index (χ0n) is 16.1. The smallest absolute Gasteiger partial charge is 0.309 e. The van der Waals surface area contributed by atoms with Gasteiger partial charge in [-0.25, -0.2) is 0 Å². The zero-order valence-corrected chi connectivity index (χ0v) is 16.1. The molecule has 0 radical (unpaired) electrons. The van der Waals surface area contributed by atoms with Crippen molar-refractivity contribution in [2.45, 2.75) is 46.0 Å². The average molecular weight is 367 g/mol. The highest BCUT2D eigenvalue weighted by Gasteiger charge is 2.33. The second-order valence-electron chi connectivity index (χ2n) is 6.63. The molecule has 7 nitrogen and oxygen atoms in total. The number of ether oxygens (including phenoxy) is 2. The highest BCUT2D eigenvalue weighted by molar-refractivity contribution is 6.01. The predicted octanol–water partition coefficient (Wildman–Crippen LogP) is 1.89. The number of carbonyl (C=O) groups is 4. The Hall–Kier alpha value is -2.18. The Kier molecular flexibility index (Phi) is 9.02. The van der Waals surface area contributed by atoms with Gasteiger partial charge in [0, 0.05) is 45.1 Å². The Morgan fingerprint density at radius 2 is 1.58 bits per heavy atom. The van der Waals surface area contributed by atoms with E-state index in [0.717, 1.165) is 5.57 Å². The second-order valence-corrected chi connectivity index (χ2v) is 6.63. The Balaban J connectivity index is 0.000000273. The van der Waals surface area contributed by atoms with Crippen LogP contribution in [0.1, 0.15) is 46.0 Å². The fourth-order valence-corrected chi connectivity index (χ4v) is 2.94. The van der Waals surface area contributed by atoms with Crippen LogP contribution in [0, 0.1) is 11.8 Å². The number of nitrogens with zero attached hydrogens (tertiary/aromatic N) is 1. The highest BCUT2D eigenvalue weighted by atomic mass is 16.5. The molecule has 0 aromatic heterocycles. The lowest BCUT2D eigenvalue weighted by Gasteiger charge is -2.07. The molecule has 0 aromatic carbocycles. The van der Waals surface area contributed by atoms with Gasteiger partial charge in [0.25, 0.3) is 0 Å². The molecule has 0 saturated heterocycles. The van der Waals surface area contributed by atoms with Gasteiger partial charge in [-0.1, -0.05) is 0 Å². The van der Waals surface area contributed by atoms with E-state index in [1.807, 2.05) is 19.0 Å². The number of Topliss-reactive ketones (excluding diaryl/α,β-unsaturated/α-hetero) is 2. The quantitative estimate of drug-likeness (QED) is 0.541. The Morgan fingerprint density at radius 1 is 1.00 bits per heavy atom. The number of hydrogen-bond acceptors (Lipinski definition) is 7. The summed E-state index contributed by atoms with van der Waals surface area (Å²) in [6.07, 6.45) is 4.19. The molecule has 0 bridgehead atoms. The van der Waals surface area contributed by atoms with E-state index in [9.17, 15) is 19.2 Å². The van der Waals surface area contributed by atoms with Crippen molar-refractivity contribution in [3.8, 4) is 0 Å². The van der Waals surface area contributed by atoms with Crippen LogP contribution in [0.15, 0.2) is 11.8 Å². The lowest BCUT2D eigenvalue weighted by atomic mass is 10.1. The van der Waals surface area contributed by atoms with Crippen LogP contribution >= 0.6 is 0 Å². The van der Waals surface area contributed by atoms with E-state index in [1.54, 1.807) is 20.0 Å². The van der Waals surface area contributed by atoms with Gasteiger partial charge in [0.15, 0.2) is 5.78 Å². The van der Waals surface area contributed by atoms with Crippen LogP contribution in [-0.4, -0.2) is 55.7 Å². The van der Waals surface area contributed by atoms with Crippen molar-refractivity contribution in [3.05, 3.63) is 11.8 Å². The van der Waals surface area contributed by atoms with Crippen molar-refractivity contribution in [2.75, 3.05) is 27.3 Å². The molecule has 2 rings (SSSR count). The predicted molar refractivity (Wildman–Crippen MR) is 95.1 cm³/mol. The number of ketones is 2. The molecule has 0 aromatic rings. The summed E-state index contributed by atoms with van der Waals surface area (Å²) in [5, 5.41) is 0. The van der Waals surface area contributed by atoms with Crippen molar-refractivity contribution in [1.82, 2.24) is 4.90 Å². The molecule has 0 spiro atoms. The van der Waals surface area contributed by atoms with Gasteiger partial charge in [-0.15, -0.1) is 0 Å². The normalized spacial score (nSPS) is 23.5. The molecule has 0 amide bonds. The number of rotatable bonds is 5. The molecule has 146 valence electrons. The summed E-state index contributed by atoms with van der Waals surface area (Å²) in [5.41, 5.74) is 0.720. The van der Waals surface area contributed by atoms with Gasteiger partial charge >= 0.3 is 11.9 Å². The summed E-state index contributed by atoms with van der Waals surface area (Å²) in [6, 6.07) is 0. The van der Waals surface area contributed by atoms with Crippen molar-refractivity contribution >= 4 is 23.5 Å². The third-order valence-corrected chi connectivity index (χ3v) is 4.16. The maximum absolute atomic E-state index is 11.5. The Morgan fingerprint density at radius 3 is 2.04 bits per heavy atom. The summed E-state index contributed by atoms with van der Waals surface area (Å²) < 4.78 is 9.68. The first-order valence-electron chi connectivity index (χ1n) is 9.03. The monoisotopic (exact) mass is 367 g/mol. The van der Waals surface area contributed by atoms with E-state index in [2.05, 4.69) is 0 Å². The van der Waals surface area contributed by atoms with E-state index in [0.29, 0.717) is 45.3 Å². The summed E-state index contributed by atoms with van der Waals surface area (Å²) in [5.74, 6) is -0.651. The molecule has 26 heavy (non-hydrogen) atoms. The van der Waals surface area contributed by atoms with Crippen molar-refractivity contribution in [2.24, 2.45) is 11.8 Å². The van der Waals surface area contributed by atoms with Gasteiger partial charge in [-0.05, 0) is 26.7 Å². The van der Waals surface area contributed by atoms with Crippen LogP contribution in [0.5, 0.6) is 0 Å². The van der Waals surface area contributed by atoms with Crippen LogP contribution in [0.3, 0.4) is 0 Å². The third kappa shape index (κ3) is 6.98. The molecular formula is C19H29NO6. The van der Waals surface area contributed by atoms with Crippen LogP contribution < -0.4 is 0 Å². The number of carbonyl (C=O) groups excluding carboxylic acids is 4. The average Bonchev–Trinajstić information content (AvgIpc) is 3.15. The lowest BCUT2D eigenvalue weighted by molar-refractivity contribution is -0.148. The summed E-state index contributed by atoms with van der Waals surface area (Å²) in [7, 11) is 3.72. The standard InChI is InChI=1S/C11H17NO3.C8H12O3/c1-4-15-11(14)8-5-9(7-12(2)3)10(13)6-8;1-2-11-8(10)6-3-4-7(9)5-6/h7-8H,4-6H2,1-3H3;6H,2-5H2,1H3/b9-7-;. The van der Waals surface area contributed by atoms with Gasteiger partial charge in [0.2, 0.25) is 0 Å². The molecule has 2 saturated carbocycles. The Labute approximate surface area is 154 Å². The van der Waals surface area contributed by atoms with Crippen molar-refractivity contribution < 1.29 is 28.7 Å². The second kappa shape index (κ2) is 10.7. The lowest BCUT2D eigenvalue weighted by Crippen LogP contribution is -2.14. The van der Waals surface area contributed by atoms with E-state index < -0.39 is 0 Å². The van der Waals surface area contributed by atoms with Crippen LogP contribution in [0.4, 0.5) is 0 Å². The largest absolute Gasteiger partial charge is 0.466 e. The van der Waals surface area contributed by atoms with Gasteiger partial charge in [0.05, 0.1) is 25.0 Å². The van der Waals surface area contributed by atoms with Crippen LogP contribution in [-0.2, 0) is 28.7 Å². The fourth-order valence-electron chi connectivity index (χ4n) is 2.94. The molecule has 2 fully saturated rings. The van der Waals surface area contributed by atoms with Gasteiger partial charge in [0.1, 0.15) is 5.78 Å². The van der Waals surface area contributed by atoms with Gasteiger partial charge in [-0.2, -0.15) is 0 Å². The molecule has 0 aliphatic heterocycles. The minimum atomic E-state index is -0.274. The number of esters is 2. The molecule has 0 N–H and O–H groups in total. The summed E-state index contributed by atoms with van der Waals surface area (Å²) in [4.78, 5) is 46.5. The number of hydrogen-bond donors (Lipinski definition) is 0. The highest BCUT2D eigenvalue weighted by Crippen LogP contribution is 2.28. The first kappa shape index (κ1) is 21.9. The van der Waals surface area contributed by atoms with E-state index >= 15 is 0 Å². The summed E-state index contributed by atoms with van der Waals surface area (Å²) >= 11 is 0. The minimum Gasteiger partial charge on any atom is -0.466 e. The zero-order chi connectivity index (χ0) is 19.7. The van der Waals surface area contributed by atoms with E-state index in [4.69, 9.17) is 9.47 Å². The molecule has 7 heteroatoms. The topological polar surface area (TPSA) is 90.0 Å². The molecule has 0 heterocycles. The van der Waals surface area contributed by atoms with Gasteiger partial charge < -0.3 is 14.4 Å². The van der Waals surface area contributed by atoms with Crippen LogP contribution in [0.2, 0.25) is 0 Å². The van der Waals surface area contributed by atoms with Crippen LogP contribution in [0.25, 0.3) is 0 Å². The fraction of sp³-hybridized carbons (Fsp3) is 0.684.